The lowest BCUT2D eigenvalue weighted by Crippen LogP contribution is -2.43. The molecule has 2 unspecified atom stereocenters. The molecule has 0 radical (unpaired) electrons. The van der Waals surface area contributed by atoms with Gasteiger partial charge in [-0.2, -0.15) is 0 Å². The summed E-state index contributed by atoms with van der Waals surface area (Å²) < 4.78 is 10.1. The molecule has 3 nitrogen and oxygen atoms in total. The molecule has 1 saturated heterocycles. The fourth-order valence-electron chi connectivity index (χ4n) is 1.16. The van der Waals surface area contributed by atoms with Crippen molar-refractivity contribution in [2.45, 2.75) is 19.4 Å². The smallest absolute Gasteiger partial charge is 0.109 e. The van der Waals surface area contributed by atoms with E-state index in [2.05, 4.69) is 0 Å². The van der Waals surface area contributed by atoms with E-state index in [9.17, 15) is 5.11 Å². The molecule has 0 bridgehead atoms. The summed E-state index contributed by atoms with van der Waals surface area (Å²) in [5.41, 5.74) is -0.112. The van der Waals surface area contributed by atoms with Crippen molar-refractivity contribution in [2.75, 3.05) is 19.8 Å². The third-order valence-electron chi connectivity index (χ3n) is 2.28. The number of halogens is 1. The molecule has 1 heterocycles. The van der Waals surface area contributed by atoms with Crippen LogP contribution in [-0.4, -0.2) is 31.0 Å². The molecule has 0 saturated carbocycles. The topological polar surface area (TPSA) is 38.7 Å². The third-order valence-corrected chi connectivity index (χ3v) is 2.59. The van der Waals surface area contributed by atoms with Gasteiger partial charge in [-0.25, -0.2) is 0 Å². The molecule has 1 aliphatic rings. The Kier molecular flexibility index (Phi) is 3.54. The van der Waals surface area contributed by atoms with Crippen LogP contribution in [0.4, 0.5) is 0 Å². The van der Waals surface area contributed by atoms with E-state index in [1.54, 1.807) is 0 Å². The maximum absolute atomic E-state index is 9.55. The summed E-state index contributed by atoms with van der Waals surface area (Å²) in [4.78, 5) is 0. The number of rotatable bonds is 2. The molecule has 1 fully saturated rings. The molecule has 0 spiro atoms. The molecule has 11 heavy (non-hydrogen) atoms. The highest BCUT2D eigenvalue weighted by atomic mass is 127. The number of aliphatic hydroxyl groups is 1. The zero-order valence-corrected chi connectivity index (χ0v) is 8.70. The summed E-state index contributed by atoms with van der Waals surface area (Å²) in [7, 11) is 0. The molecule has 1 N–H and O–H groups in total. The van der Waals surface area contributed by atoms with Crippen molar-refractivity contribution in [1.29, 1.82) is 0 Å². The van der Waals surface area contributed by atoms with Crippen LogP contribution in [0.1, 0.15) is 13.3 Å². The van der Waals surface area contributed by atoms with Crippen LogP contribution < -0.4 is 0 Å². The zero-order valence-electron chi connectivity index (χ0n) is 6.55. The predicted octanol–water partition coefficient (Wildman–Crippen LogP) is 1.14. The second-order valence-corrected chi connectivity index (χ2v) is 3.87. The molecule has 0 aromatic rings. The van der Waals surface area contributed by atoms with E-state index in [0.29, 0.717) is 13.2 Å². The highest BCUT2D eigenvalue weighted by Crippen LogP contribution is 2.30. The lowest BCUT2D eigenvalue weighted by molar-refractivity contribution is -0.0997. The number of hydrogen-bond donors (Lipinski definition) is 1. The van der Waals surface area contributed by atoms with E-state index >= 15 is 0 Å². The lowest BCUT2D eigenvalue weighted by Gasteiger charge is -2.37. The molecule has 1 rings (SSSR count). The first-order valence-electron chi connectivity index (χ1n) is 3.68. The van der Waals surface area contributed by atoms with E-state index in [1.807, 2.05) is 29.9 Å². The number of aliphatic hydroxyl groups excluding tert-OH is 1. The first-order chi connectivity index (χ1) is 5.19. The summed E-state index contributed by atoms with van der Waals surface area (Å²) in [6.45, 7) is 3.79. The Labute approximate surface area is 80.8 Å². The Morgan fingerprint density at radius 2 is 2.55 bits per heavy atom. The Morgan fingerprint density at radius 3 is 3.09 bits per heavy atom. The van der Waals surface area contributed by atoms with Gasteiger partial charge in [0.1, 0.15) is 23.0 Å². The van der Waals surface area contributed by atoms with Crippen LogP contribution in [-0.2, 0) is 7.80 Å². The van der Waals surface area contributed by atoms with Gasteiger partial charge in [0.05, 0.1) is 19.3 Å². The summed E-state index contributed by atoms with van der Waals surface area (Å²) in [6.07, 6.45) is 0.489. The van der Waals surface area contributed by atoms with Crippen molar-refractivity contribution in [2.24, 2.45) is 5.41 Å². The average Bonchev–Trinajstić information content (AvgIpc) is 1.96. The van der Waals surface area contributed by atoms with Gasteiger partial charge in [0, 0.05) is 12.0 Å². The average molecular weight is 272 g/mol. The van der Waals surface area contributed by atoms with Gasteiger partial charge in [0.25, 0.3) is 0 Å². The van der Waals surface area contributed by atoms with E-state index in [-0.39, 0.29) is 11.5 Å². The van der Waals surface area contributed by atoms with E-state index < -0.39 is 0 Å². The molecular formula is C7H13IO3. The fraction of sp³-hybridized carbons (Fsp3) is 1.00. The summed E-state index contributed by atoms with van der Waals surface area (Å²) in [5, 5.41) is 9.55. The lowest BCUT2D eigenvalue weighted by atomic mass is 9.81. The van der Waals surface area contributed by atoms with E-state index in [1.165, 1.54) is 0 Å². The standard InChI is InChI=1S/C7H13IO3/c1-7(5-11-8)2-3-10-4-6(7)9/h6,9H,2-5H2,1H3. The predicted molar refractivity (Wildman–Crippen MR) is 49.5 cm³/mol. The van der Waals surface area contributed by atoms with Crippen LogP contribution in [0.3, 0.4) is 0 Å². The molecule has 0 aromatic carbocycles. The fourth-order valence-corrected chi connectivity index (χ4v) is 1.87. The molecule has 0 aliphatic carbocycles. The maximum atomic E-state index is 9.55. The van der Waals surface area contributed by atoms with E-state index in [4.69, 9.17) is 7.80 Å². The minimum atomic E-state index is -0.383. The minimum absolute atomic E-state index is 0.112. The van der Waals surface area contributed by atoms with Crippen LogP contribution in [0.5, 0.6) is 0 Å². The minimum Gasteiger partial charge on any atom is -0.390 e. The van der Waals surface area contributed by atoms with Gasteiger partial charge < -0.3 is 12.9 Å². The summed E-state index contributed by atoms with van der Waals surface area (Å²) in [5.74, 6) is 0. The van der Waals surface area contributed by atoms with Gasteiger partial charge in [-0.1, -0.05) is 6.92 Å². The normalized spacial score (nSPS) is 39.0. The molecule has 2 atom stereocenters. The van der Waals surface area contributed by atoms with Crippen molar-refractivity contribution in [1.82, 2.24) is 0 Å². The largest absolute Gasteiger partial charge is 0.390 e. The second kappa shape index (κ2) is 4.02. The van der Waals surface area contributed by atoms with Crippen molar-refractivity contribution in [3.63, 3.8) is 0 Å². The molecule has 66 valence electrons. The first-order valence-corrected chi connectivity index (χ1v) is 4.56. The second-order valence-electron chi connectivity index (χ2n) is 3.25. The Balaban J connectivity index is 2.49. The molecule has 4 heteroatoms. The van der Waals surface area contributed by atoms with Gasteiger partial charge in [0.15, 0.2) is 0 Å². The monoisotopic (exact) mass is 272 g/mol. The SMILES string of the molecule is CC1(COI)CCOCC1O. The maximum Gasteiger partial charge on any atom is 0.109 e. The summed E-state index contributed by atoms with van der Waals surface area (Å²) in [6, 6.07) is 0. The Hall–Kier alpha value is 0.610. The van der Waals surface area contributed by atoms with E-state index in [0.717, 1.165) is 13.0 Å². The quantitative estimate of drug-likeness (QED) is 0.766. The molecule has 0 amide bonds. The van der Waals surface area contributed by atoms with Crippen LogP contribution in [0.15, 0.2) is 0 Å². The molecular weight excluding hydrogens is 259 g/mol. The number of ether oxygens (including phenoxy) is 1. The zero-order chi connectivity index (χ0) is 8.32. The van der Waals surface area contributed by atoms with Crippen molar-refractivity contribution in [3.8, 4) is 0 Å². The van der Waals surface area contributed by atoms with Gasteiger partial charge >= 0.3 is 0 Å². The Morgan fingerprint density at radius 1 is 1.82 bits per heavy atom. The van der Waals surface area contributed by atoms with Crippen molar-refractivity contribution in [3.05, 3.63) is 0 Å². The van der Waals surface area contributed by atoms with Crippen molar-refractivity contribution < 1.29 is 12.9 Å². The molecule has 0 aromatic heterocycles. The van der Waals surface area contributed by atoms with Gasteiger partial charge in [0.2, 0.25) is 0 Å². The van der Waals surface area contributed by atoms with Crippen LogP contribution in [0.25, 0.3) is 0 Å². The van der Waals surface area contributed by atoms with Crippen molar-refractivity contribution >= 4 is 23.0 Å². The first kappa shape index (κ1) is 9.70. The highest BCUT2D eigenvalue weighted by Gasteiger charge is 2.36. The van der Waals surface area contributed by atoms with Gasteiger partial charge in [-0.3, -0.25) is 0 Å². The van der Waals surface area contributed by atoms with Crippen LogP contribution >= 0.6 is 23.0 Å². The molecule has 1 aliphatic heterocycles. The summed E-state index contributed by atoms with van der Waals surface area (Å²) >= 11 is 1.86. The van der Waals surface area contributed by atoms with Gasteiger partial charge in [-0.15, -0.1) is 0 Å². The van der Waals surface area contributed by atoms with Gasteiger partial charge in [-0.05, 0) is 6.42 Å². The Bertz CT molecular complexity index is 127. The number of hydrogen-bond acceptors (Lipinski definition) is 3. The van der Waals surface area contributed by atoms with Crippen LogP contribution in [0.2, 0.25) is 0 Å². The third kappa shape index (κ3) is 2.27. The highest BCUT2D eigenvalue weighted by molar-refractivity contribution is 14.1. The van der Waals surface area contributed by atoms with Crippen LogP contribution in [0, 0.1) is 5.41 Å².